The monoisotopic (exact) mass is 302 g/mol. The Hall–Kier alpha value is -1.14. The number of rotatable bonds is 11. The van der Waals surface area contributed by atoms with Gasteiger partial charge in [-0.05, 0) is 5.41 Å². The van der Waals surface area contributed by atoms with E-state index >= 15 is 0 Å². The minimum atomic E-state index is 0.00593. The van der Waals surface area contributed by atoms with Gasteiger partial charge in [0, 0.05) is 25.9 Å². The molecule has 124 valence electrons. The van der Waals surface area contributed by atoms with Gasteiger partial charge >= 0.3 is 0 Å². The van der Waals surface area contributed by atoms with Crippen LogP contribution in [0.1, 0.15) is 40.5 Å². The van der Waals surface area contributed by atoms with Crippen molar-refractivity contribution in [1.29, 1.82) is 0 Å². The summed E-state index contributed by atoms with van der Waals surface area (Å²) in [4.78, 5) is 22.5. The lowest BCUT2D eigenvalue weighted by Crippen LogP contribution is -2.30. The minimum Gasteiger partial charge on any atom is -0.377 e. The van der Waals surface area contributed by atoms with Gasteiger partial charge in [-0.25, -0.2) is 0 Å². The summed E-state index contributed by atoms with van der Waals surface area (Å²) in [6.45, 7) is 10.9. The van der Waals surface area contributed by atoms with E-state index in [4.69, 9.17) is 9.47 Å². The van der Waals surface area contributed by atoms with E-state index in [1.54, 1.807) is 0 Å². The van der Waals surface area contributed by atoms with Gasteiger partial charge in [0.15, 0.2) is 0 Å². The van der Waals surface area contributed by atoms with E-state index in [-0.39, 0.29) is 17.2 Å². The zero-order chi connectivity index (χ0) is 16.1. The fourth-order valence-electron chi connectivity index (χ4n) is 1.52. The number of amides is 2. The summed E-state index contributed by atoms with van der Waals surface area (Å²) >= 11 is 0. The second kappa shape index (κ2) is 11.5. The molecule has 2 amide bonds. The molecule has 0 rings (SSSR count). The number of carbonyl (C=O) groups is 2. The third kappa shape index (κ3) is 15.1. The fraction of sp³-hybridized carbons (Fsp3) is 0.867. The van der Waals surface area contributed by atoms with Crippen LogP contribution in [0.15, 0.2) is 0 Å². The Kier molecular flexibility index (Phi) is 10.9. The van der Waals surface area contributed by atoms with Crippen LogP contribution >= 0.6 is 0 Å². The third-order valence-corrected chi connectivity index (χ3v) is 2.52. The van der Waals surface area contributed by atoms with Crippen molar-refractivity contribution in [2.75, 3.05) is 39.5 Å². The summed E-state index contributed by atoms with van der Waals surface area (Å²) in [5.41, 5.74) is 0.00593. The molecule has 0 bridgehead atoms. The molecule has 6 heteroatoms. The van der Waals surface area contributed by atoms with Crippen molar-refractivity contribution in [2.24, 2.45) is 5.41 Å². The second-order valence-electron chi connectivity index (χ2n) is 6.02. The lowest BCUT2D eigenvalue weighted by Gasteiger charge is -2.17. The molecule has 6 nitrogen and oxygen atoms in total. The third-order valence-electron chi connectivity index (χ3n) is 2.52. The van der Waals surface area contributed by atoms with Gasteiger partial charge in [0.25, 0.3) is 0 Å². The molecule has 0 spiro atoms. The molecule has 0 aromatic heterocycles. The second-order valence-corrected chi connectivity index (χ2v) is 6.02. The Balaban J connectivity index is 3.26. The van der Waals surface area contributed by atoms with Crippen molar-refractivity contribution in [2.45, 2.75) is 40.5 Å². The highest BCUT2D eigenvalue weighted by atomic mass is 16.5. The van der Waals surface area contributed by atoms with Gasteiger partial charge in [-0.2, -0.15) is 0 Å². The Morgan fingerprint density at radius 2 is 1.33 bits per heavy atom. The van der Waals surface area contributed by atoms with Crippen LogP contribution in [0.2, 0.25) is 0 Å². The van der Waals surface area contributed by atoms with E-state index in [2.05, 4.69) is 10.6 Å². The van der Waals surface area contributed by atoms with E-state index in [0.29, 0.717) is 52.4 Å². The zero-order valence-corrected chi connectivity index (χ0v) is 13.8. The highest BCUT2D eigenvalue weighted by Crippen LogP contribution is 2.17. The largest absolute Gasteiger partial charge is 0.377 e. The number of carbonyl (C=O) groups excluding carboxylic acids is 2. The Morgan fingerprint density at radius 3 is 1.76 bits per heavy atom. The van der Waals surface area contributed by atoms with Gasteiger partial charge in [0.1, 0.15) is 0 Å². The number of ether oxygens (including phenoxy) is 2. The molecule has 0 aromatic carbocycles. The van der Waals surface area contributed by atoms with E-state index in [9.17, 15) is 9.59 Å². The SMILES string of the molecule is CCC(=O)NCCOCCOCCNC(=O)CC(C)(C)C. The van der Waals surface area contributed by atoms with Gasteiger partial charge in [-0.15, -0.1) is 0 Å². The summed E-state index contributed by atoms with van der Waals surface area (Å²) in [7, 11) is 0. The van der Waals surface area contributed by atoms with Crippen molar-refractivity contribution in [1.82, 2.24) is 10.6 Å². The molecule has 0 heterocycles. The summed E-state index contributed by atoms with van der Waals surface area (Å²) in [5, 5.41) is 5.54. The minimum absolute atomic E-state index is 0.00593. The molecule has 0 saturated heterocycles. The number of hydrogen-bond acceptors (Lipinski definition) is 4. The number of nitrogens with one attached hydrogen (secondary N) is 2. The molecule has 0 unspecified atom stereocenters. The standard InChI is InChI=1S/C15H30N2O4/c1-5-13(18)16-6-8-20-10-11-21-9-7-17-14(19)12-15(2,3)4/h5-12H2,1-4H3,(H,16,18)(H,17,19). The maximum Gasteiger partial charge on any atom is 0.220 e. The summed E-state index contributed by atoms with van der Waals surface area (Å²) < 4.78 is 10.6. The molecule has 0 saturated carbocycles. The van der Waals surface area contributed by atoms with Crippen molar-refractivity contribution < 1.29 is 19.1 Å². The van der Waals surface area contributed by atoms with Crippen LogP contribution < -0.4 is 10.6 Å². The molecule has 21 heavy (non-hydrogen) atoms. The first-order valence-electron chi connectivity index (χ1n) is 7.54. The van der Waals surface area contributed by atoms with Gasteiger partial charge in [-0.3, -0.25) is 9.59 Å². The van der Waals surface area contributed by atoms with Crippen LogP contribution in [0.4, 0.5) is 0 Å². The molecular weight excluding hydrogens is 272 g/mol. The average molecular weight is 302 g/mol. The molecule has 0 aliphatic heterocycles. The topological polar surface area (TPSA) is 76.7 Å². The van der Waals surface area contributed by atoms with Crippen molar-refractivity contribution in [3.63, 3.8) is 0 Å². The Labute approximate surface area is 127 Å². The first-order valence-corrected chi connectivity index (χ1v) is 7.54. The smallest absolute Gasteiger partial charge is 0.220 e. The summed E-state index contributed by atoms with van der Waals surface area (Å²) in [6, 6.07) is 0. The normalized spacial score (nSPS) is 11.2. The first kappa shape index (κ1) is 19.9. The van der Waals surface area contributed by atoms with Crippen LogP contribution in [0.3, 0.4) is 0 Å². The van der Waals surface area contributed by atoms with Gasteiger partial charge < -0.3 is 20.1 Å². The van der Waals surface area contributed by atoms with Crippen LogP contribution in [0.25, 0.3) is 0 Å². The maximum absolute atomic E-state index is 11.5. The predicted octanol–water partition coefficient (Wildman–Crippen LogP) is 1.10. The van der Waals surface area contributed by atoms with E-state index in [1.807, 2.05) is 27.7 Å². The molecule has 0 atom stereocenters. The van der Waals surface area contributed by atoms with E-state index in [1.165, 1.54) is 0 Å². The maximum atomic E-state index is 11.5. The Morgan fingerprint density at radius 1 is 0.857 bits per heavy atom. The Bertz CT molecular complexity index is 301. The molecule has 0 aliphatic rings. The van der Waals surface area contributed by atoms with Crippen molar-refractivity contribution >= 4 is 11.8 Å². The number of hydrogen-bond donors (Lipinski definition) is 2. The molecule has 0 radical (unpaired) electrons. The summed E-state index contributed by atoms with van der Waals surface area (Å²) in [6.07, 6.45) is 1.00. The van der Waals surface area contributed by atoms with Crippen molar-refractivity contribution in [3.05, 3.63) is 0 Å². The molecule has 0 aromatic rings. The lowest BCUT2D eigenvalue weighted by molar-refractivity contribution is -0.123. The van der Waals surface area contributed by atoms with Gasteiger partial charge in [0.05, 0.1) is 26.4 Å². The van der Waals surface area contributed by atoms with E-state index in [0.717, 1.165) is 0 Å². The van der Waals surface area contributed by atoms with Crippen LogP contribution in [-0.4, -0.2) is 51.3 Å². The van der Waals surface area contributed by atoms with Crippen LogP contribution in [0, 0.1) is 5.41 Å². The van der Waals surface area contributed by atoms with Crippen LogP contribution in [0.5, 0.6) is 0 Å². The van der Waals surface area contributed by atoms with E-state index < -0.39 is 0 Å². The van der Waals surface area contributed by atoms with Gasteiger partial charge in [-0.1, -0.05) is 27.7 Å². The molecular formula is C15H30N2O4. The zero-order valence-electron chi connectivity index (χ0n) is 13.8. The summed E-state index contributed by atoms with van der Waals surface area (Å²) in [5.74, 6) is 0.0786. The molecule has 0 aliphatic carbocycles. The predicted molar refractivity (Wildman–Crippen MR) is 82.0 cm³/mol. The average Bonchev–Trinajstić information content (AvgIpc) is 2.38. The van der Waals surface area contributed by atoms with Crippen molar-refractivity contribution in [3.8, 4) is 0 Å². The molecule has 0 fully saturated rings. The quantitative estimate of drug-likeness (QED) is 0.560. The highest BCUT2D eigenvalue weighted by Gasteiger charge is 2.15. The first-order chi connectivity index (χ1) is 9.85. The highest BCUT2D eigenvalue weighted by molar-refractivity contribution is 5.76. The van der Waals surface area contributed by atoms with Crippen LogP contribution in [-0.2, 0) is 19.1 Å². The lowest BCUT2D eigenvalue weighted by atomic mass is 9.92. The molecule has 2 N–H and O–H groups in total. The fourth-order valence-corrected chi connectivity index (χ4v) is 1.52. The van der Waals surface area contributed by atoms with Gasteiger partial charge in [0.2, 0.25) is 11.8 Å².